The number of ether oxygens (including phenoxy) is 2. The van der Waals surface area contributed by atoms with Crippen molar-refractivity contribution < 1.29 is 14.4 Å². The van der Waals surface area contributed by atoms with Crippen LogP contribution in [0, 0.1) is 10.1 Å². The van der Waals surface area contributed by atoms with Crippen LogP contribution in [0.25, 0.3) is 10.9 Å². The first kappa shape index (κ1) is 17.1. The number of nitrogens with one attached hydrogen (secondary N) is 1. The highest BCUT2D eigenvalue weighted by Gasteiger charge is 2.27. The first-order valence-corrected chi connectivity index (χ1v) is 8.02. The molecule has 0 aliphatic rings. The number of fused-ring (bicyclic) bond motifs is 1. The van der Waals surface area contributed by atoms with Crippen molar-refractivity contribution in [3.63, 3.8) is 0 Å². The number of nitrogens with zero attached hydrogens (tertiary/aromatic N) is 1. The Morgan fingerprint density at radius 3 is 2.52 bits per heavy atom. The van der Waals surface area contributed by atoms with Gasteiger partial charge < -0.3 is 14.5 Å². The van der Waals surface area contributed by atoms with Gasteiger partial charge in [-0.05, 0) is 23.3 Å². The lowest BCUT2D eigenvalue weighted by Crippen LogP contribution is -2.14. The van der Waals surface area contributed by atoms with Gasteiger partial charge in [0.25, 0.3) is 0 Å². The van der Waals surface area contributed by atoms with Crippen LogP contribution in [0.2, 0.25) is 5.02 Å². The van der Waals surface area contributed by atoms with E-state index in [0.717, 1.165) is 16.5 Å². The molecule has 3 rings (SSSR count). The molecule has 0 bridgehead atoms. The predicted octanol–water partition coefficient (Wildman–Crippen LogP) is 4.25. The molecule has 0 radical (unpaired) electrons. The van der Waals surface area contributed by atoms with Crippen LogP contribution in [0.4, 0.5) is 0 Å². The fraction of sp³-hybridized carbons (Fsp3) is 0.222. The summed E-state index contributed by atoms with van der Waals surface area (Å²) in [5.74, 6) is 0.448. The Kier molecular flexibility index (Phi) is 4.81. The Morgan fingerprint density at radius 2 is 1.84 bits per heavy atom. The molecule has 0 aliphatic heterocycles. The van der Waals surface area contributed by atoms with Crippen molar-refractivity contribution in [3.05, 3.63) is 68.9 Å². The molecule has 0 saturated heterocycles. The summed E-state index contributed by atoms with van der Waals surface area (Å²) in [6, 6.07) is 11.0. The summed E-state index contributed by atoms with van der Waals surface area (Å²) >= 11 is 6.42. The first-order valence-electron chi connectivity index (χ1n) is 7.64. The Labute approximate surface area is 149 Å². The third-order valence-corrected chi connectivity index (χ3v) is 4.53. The highest BCUT2D eigenvalue weighted by atomic mass is 35.5. The van der Waals surface area contributed by atoms with Crippen LogP contribution in [0.15, 0.2) is 42.6 Å². The maximum absolute atomic E-state index is 11.3. The lowest BCUT2D eigenvalue weighted by atomic mass is 9.90. The van der Waals surface area contributed by atoms with E-state index in [0.29, 0.717) is 22.1 Å². The van der Waals surface area contributed by atoms with Gasteiger partial charge in [-0.25, -0.2) is 0 Å². The third-order valence-electron chi connectivity index (χ3n) is 4.21. The molecule has 1 atom stereocenters. The van der Waals surface area contributed by atoms with Crippen molar-refractivity contribution in [2.24, 2.45) is 0 Å². The molecule has 3 aromatic rings. The van der Waals surface area contributed by atoms with Crippen LogP contribution in [-0.2, 0) is 0 Å². The summed E-state index contributed by atoms with van der Waals surface area (Å²) in [6.45, 7) is -0.281. The van der Waals surface area contributed by atoms with E-state index in [2.05, 4.69) is 4.98 Å². The lowest BCUT2D eigenvalue weighted by Gasteiger charge is -2.17. The Balaban J connectivity index is 2.18. The van der Waals surface area contributed by atoms with Gasteiger partial charge >= 0.3 is 0 Å². The van der Waals surface area contributed by atoms with Crippen LogP contribution in [0.1, 0.15) is 17.0 Å². The topological polar surface area (TPSA) is 77.4 Å². The molecule has 0 saturated carbocycles. The van der Waals surface area contributed by atoms with E-state index in [-0.39, 0.29) is 11.5 Å². The van der Waals surface area contributed by atoms with Crippen LogP contribution >= 0.6 is 11.6 Å². The fourth-order valence-electron chi connectivity index (χ4n) is 3.03. The zero-order valence-electron chi connectivity index (χ0n) is 13.8. The SMILES string of the molecule is COc1cc(Cl)c([C@@H](C[N+](=O)[O-])c2c[nH]c3ccccc23)cc1OC. The number of hydrogen-bond acceptors (Lipinski definition) is 4. The van der Waals surface area contributed by atoms with Crippen molar-refractivity contribution in [3.8, 4) is 11.5 Å². The number of nitro groups is 1. The second-order valence-electron chi connectivity index (χ2n) is 5.59. The molecule has 0 unspecified atom stereocenters. The van der Waals surface area contributed by atoms with Crippen molar-refractivity contribution in [1.82, 2.24) is 4.98 Å². The summed E-state index contributed by atoms with van der Waals surface area (Å²) < 4.78 is 10.6. The second kappa shape index (κ2) is 7.03. The number of aromatic nitrogens is 1. The maximum Gasteiger partial charge on any atom is 0.214 e. The fourth-order valence-corrected chi connectivity index (χ4v) is 3.32. The molecule has 7 heteroatoms. The number of halogens is 1. The molecule has 1 aromatic heterocycles. The van der Waals surface area contributed by atoms with E-state index in [1.54, 1.807) is 18.3 Å². The van der Waals surface area contributed by atoms with Gasteiger partial charge in [0.1, 0.15) is 0 Å². The van der Waals surface area contributed by atoms with E-state index in [9.17, 15) is 10.1 Å². The standard InChI is InChI=1S/C18H17ClN2O4/c1-24-17-7-12(15(19)8-18(17)25-2)14(10-21(22)23)13-9-20-16-6-4-3-5-11(13)16/h3-9,14,20H,10H2,1-2H3/t14-/m1/s1. The highest BCUT2D eigenvalue weighted by Crippen LogP contribution is 2.40. The third kappa shape index (κ3) is 3.25. The highest BCUT2D eigenvalue weighted by molar-refractivity contribution is 6.31. The number of hydrogen-bond donors (Lipinski definition) is 1. The molecule has 1 N–H and O–H groups in total. The molecule has 2 aromatic carbocycles. The molecule has 1 heterocycles. The van der Waals surface area contributed by atoms with E-state index in [1.165, 1.54) is 14.2 Å². The summed E-state index contributed by atoms with van der Waals surface area (Å²) in [6.07, 6.45) is 1.80. The van der Waals surface area contributed by atoms with Gasteiger partial charge in [-0.3, -0.25) is 10.1 Å². The lowest BCUT2D eigenvalue weighted by molar-refractivity contribution is -0.481. The zero-order valence-corrected chi connectivity index (χ0v) is 14.5. The number of H-pyrrole nitrogens is 1. The number of aromatic amines is 1. The number of methoxy groups -OCH3 is 2. The van der Waals surface area contributed by atoms with E-state index in [1.807, 2.05) is 24.3 Å². The molecule has 6 nitrogen and oxygen atoms in total. The minimum absolute atomic E-state index is 0.281. The van der Waals surface area contributed by atoms with Gasteiger partial charge in [0.15, 0.2) is 11.5 Å². The Hall–Kier alpha value is -2.73. The minimum Gasteiger partial charge on any atom is -0.493 e. The molecule has 0 amide bonds. The average molecular weight is 361 g/mol. The Morgan fingerprint density at radius 1 is 1.16 bits per heavy atom. The minimum atomic E-state index is -0.515. The first-order chi connectivity index (χ1) is 12.0. The normalized spacial score (nSPS) is 12.1. The zero-order chi connectivity index (χ0) is 18.0. The Bertz CT molecular complexity index is 923. The van der Waals surface area contributed by atoms with E-state index < -0.39 is 5.92 Å². The smallest absolute Gasteiger partial charge is 0.214 e. The predicted molar refractivity (Wildman–Crippen MR) is 96.6 cm³/mol. The summed E-state index contributed by atoms with van der Waals surface area (Å²) in [5, 5.41) is 12.6. The largest absolute Gasteiger partial charge is 0.493 e. The number of para-hydroxylation sites is 1. The summed E-state index contributed by atoms with van der Waals surface area (Å²) in [5.41, 5.74) is 2.37. The van der Waals surface area contributed by atoms with Crippen LogP contribution in [-0.4, -0.2) is 30.7 Å². The summed E-state index contributed by atoms with van der Waals surface area (Å²) in [4.78, 5) is 14.1. The molecule has 0 fully saturated rings. The molecule has 0 aliphatic carbocycles. The van der Waals surface area contributed by atoms with Crippen molar-refractivity contribution in [1.29, 1.82) is 0 Å². The second-order valence-corrected chi connectivity index (χ2v) is 5.99. The number of rotatable bonds is 6. The van der Waals surface area contributed by atoms with E-state index in [4.69, 9.17) is 21.1 Å². The monoisotopic (exact) mass is 360 g/mol. The summed E-state index contributed by atoms with van der Waals surface area (Å²) in [7, 11) is 3.03. The van der Waals surface area contributed by atoms with Gasteiger partial charge in [-0.15, -0.1) is 0 Å². The quantitative estimate of drug-likeness (QED) is 0.526. The molecular formula is C18H17ClN2O4. The van der Waals surface area contributed by atoms with E-state index >= 15 is 0 Å². The van der Waals surface area contributed by atoms with Gasteiger partial charge in [-0.2, -0.15) is 0 Å². The van der Waals surface area contributed by atoms with Crippen LogP contribution in [0.3, 0.4) is 0 Å². The van der Waals surface area contributed by atoms with Gasteiger partial charge in [0.05, 0.1) is 20.1 Å². The van der Waals surface area contributed by atoms with Crippen molar-refractivity contribution >= 4 is 22.5 Å². The molecule has 0 spiro atoms. The average Bonchev–Trinajstić information content (AvgIpc) is 3.03. The molecular weight excluding hydrogens is 344 g/mol. The van der Waals surface area contributed by atoms with Gasteiger partial charge in [0, 0.05) is 33.1 Å². The van der Waals surface area contributed by atoms with Gasteiger partial charge in [-0.1, -0.05) is 29.8 Å². The van der Waals surface area contributed by atoms with Crippen LogP contribution in [0.5, 0.6) is 11.5 Å². The molecule has 25 heavy (non-hydrogen) atoms. The molecule has 130 valence electrons. The van der Waals surface area contributed by atoms with Crippen molar-refractivity contribution in [2.75, 3.05) is 20.8 Å². The van der Waals surface area contributed by atoms with Gasteiger partial charge in [0.2, 0.25) is 6.54 Å². The maximum atomic E-state index is 11.3. The van der Waals surface area contributed by atoms with Crippen LogP contribution < -0.4 is 9.47 Å². The van der Waals surface area contributed by atoms with Crippen molar-refractivity contribution in [2.45, 2.75) is 5.92 Å². The number of benzene rings is 2.